The number of aromatic amines is 1. The molecule has 1 fully saturated rings. The summed E-state index contributed by atoms with van der Waals surface area (Å²) in [7, 11) is 1.84. The highest BCUT2D eigenvalue weighted by Gasteiger charge is 2.29. The van der Waals surface area contributed by atoms with Gasteiger partial charge in [0.2, 0.25) is 0 Å². The maximum atomic E-state index is 11.9. The van der Waals surface area contributed by atoms with Crippen LogP contribution < -0.4 is 4.87 Å². The molecule has 1 aromatic carbocycles. The lowest BCUT2D eigenvalue weighted by Gasteiger charge is -2.23. The van der Waals surface area contributed by atoms with E-state index in [0.29, 0.717) is 6.04 Å². The van der Waals surface area contributed by atoms with E-state index in [2.05, 4.69) is 28.1 Å². The van der Waals surface area contributed by atoms with Crippen molar-refractivity contribution in [2.45, 2.75) is 51.1 Å². The van der Waals surface area contributed by atoms with Gasteiger partial charge >= 0.3 is 4.87 Å². The number of hydrogen-bond acceptors (Lipinski definition) is 4. The molecular formula is C20H24N4OS. The van der Waals surface area contributed by atoms with Gasteiger partial charge in [0.05, 0.1) is 22.0 Å². The molecule has 0 saturated carbocycles. The highest BCUT2D eigenvalue weighted by molar-refractivity contribution is 7.16. The van der Waals surface area contributed by atoms with Crippen LogP contribution in [0, 0.1) is 0 Å². The lowest BCUT2D eigenvalue weighted by Crippen LogP contribution is -2.23. The highest BCUT2D eigenvalue weighted by atomic mass is 32.1. The summed E-state index contributed by atoms with van der Waals surface area (Å²) >= 11 is 1.34. The van der Waals surface area contributed by atoms with Crippen molar-refractivity contribution in [3.05, 3.63) is 50.6 Å². The van der Waals surface area contributed by atoms with E-state index in [-0.39, 0.29) is 4.87 Å². The van der Waals surface area contributed by atoms with Crippen LogP contribution in [-0.4, -0.2) is 26.0 Å². The summed E-state index contributed by atoms with van der Waals surface area (Å²) in [6.07, 6.45) is 7.22. The molecule has 0 amide bonds. The standard InChI is InChI=1S/C20H24N4OS/c1-23-16-9-8-13(11-18(16)26-20(23)25)12-24-10-4-7-17(24)19-21-14-5-2-3-6-15(14)22-19/h8-9,11,17H,2-7,10,12H2,1H3,(H,21,22). The molecular weight excluding hydrogens is 344 g/mol. The first-order chi connectivity index (χ1) is 12.7. The van der Waals surface area contributed by atoms with Gasteiger partial charge < -0.3 is 9.55 Å². The molecule has 6 heteroatoms. The van der Waals surface area contributed by atoms with Gasteiger partial charge in [-0.1, -0.05) is 17.4 Å². The predicted molar refractivity (Wildman–Crippen MR) is 105 cm³/mol. The summed E-state index contributed by atoms with van der Waals surface area (Å²) in [4.78, 5) is 23.1. The van der Waals surface area contributed by atoms with Crippen LogP contribution in [0.25, 0.3) is 10.2 Å². The van der Waals surface area contributed by atoms with Crippen LogP contribution >= 0.6 is 11.3 Å². The molecule has 3 heterocycles. The molecule has 2 aliphatic rings. The number of imidazole rings is 1. The Bertz CT molecular complexity index is 991. The number of fused-ring (bicyclic) bond motifs is 2. The molecule has 2 aromatic heterocycles. The van der Waals surface area contributed by atoms with Crippen molar-refractivity contribution >= 4 is 21.6 Å². The SMILES string of the molecule is Cn1c(=O)sc2cc(CN3CCCC3c3nc4c([nH]3)CCCC4)ccc21. The van der Waals surface area contributed by atoms with Crippen molar-refractivity contribution in [1.82, 2.24) is 19.4 Å². The zero-order valence-corrected chi connectivity index (χ0v) is 15.9. The van der Waals surface area contributed by atoms with E-state index in [9.17, 15) is 4.79 Å². The van der Waals surface area contributed by atoms with E-state index >= 15 is 0 Å². The Hall–Kier alpha value is -1.92. The molecule has 1 saturated heterocycles. The quantitative estimate of drug-likeness (QED) is 0.769. The van der Waals surface area contributed by atoms with Crippen LogP contribution in [0.2, 0.25) is 0 Å². The number of aromatic nitrogens is 3. The topological polar surface area (TPSA) is 53.9 Å². The molecule has 1 atom stereocenters. The smallest absolute Gasteiger partial charge is 0.307 e. The Labute approximate surface area is 156 Å². The minimum Gasteiger partial charge on any atom is -0.344 e. The summed E-state index contributed by atoms with van der Waals surface area (Å²) in [6.45, 7) is 2.03. The average molecular weight is 369 g/mol. The van der Waals surface area contributed by atoms with Gasteiger partial charge in [-0.25, -0.2) is 4.98 Å². The minimum atomic E-state index is 0.109. The Kier molecular flexibility index (Phi) is 3.98. The molecule has 0 spiro atoms. The monoisotopic (exact) mass is 368 g/mol. The molecule has 0 radical (unpaired) electrons. The number of rotatable bonds is 3. The number of nitrogens with one attached hydrogen (secondary N) is 1. The highest BCUT2D eigenvalue weighted by Crippen LogP contribution is 2.33. The normalized spacial score (nSPS) is 20.7. The molecule has 5 rings (SSSR count). The Morgan fingerprint density at radius 3 is 3.04 bits per heavy atom. The van der Waals surface area contributed by atoms with Crippen molar-refractivity contribution in [3.8, 4) is 0 Å². The van der Waals surface area contributed by atoms with E-state index in [0.717, 1.165) is 36.1 Å². The molecule has 1 aliphatic heterocycles. The molecule has 1 unspecified atom stereocenters. The molecule has 1 N–H and O–H groups in total. The average Bonchev–Trinajstić information content (AvgIpc) is 3.33. The van der Waals surface area contributed by atoms with Crippen molar-refractivity contribution in [1.29, 1.82) is 0 Å². The number of aryl methyl sites for hydroxylation is 3. The van der Waals surface area contributed by atoms with Crippen molar-refractivity contribution < 1.29 is 0 Å². The Balaban J connectivity index is 1.40. The second-order valence-corrected chi connectivity index (χ2v) is 8.61. The fourth-order valence-electron chi connectivity index (χ4n) is 4.47. The summed E-state index contributed by atoms with van der Waals surface area (Å²) in [5, 5.41) is 0. The summed E-state index contributed by atoms with van der Waals surface area (Å²) in [6, 6.07) is 6.83. The van der Waals surface area contributed by atoms with Crippen LogP contribution in [0.3, 0.4) is 0 Å². The van der Waals surface area contributed by atoms with E-state index in [1.165, 1.54) is 59.8 Å². The van der Waals surface area contributed by atoms with E-state index < -0.39 is 0 Å². The summed E-state index contributed by atoms with van der Waals surface area (Å²) < 4.78 is 2.81. The minimum absolute atomic E-state index is 0.109. The predicted octanol–water partition coefficient (Wildman–Crippen LogP) is 3.54. The molecule has 3 aromatic rings. The first-order valence-corrected chi connectivity index (χ1v) is 10.4. The number of benzene rings is 1. The van der Waals surface area contributed by atoms with Crippen LogP contribution in [0.1, 0.15) is 54.5 Å². The van der Waals surface area contributed by atoms with Crippen LogP contribution in [0.5, 0.6) is 0 Å². The second kappa shape index (κ2) is 6.35. The van der Waals surface area contributed by atoms with Crippen LogP contribution in [-0.2, 0) is 26.4 Å². The van der Waals surface area contributed by atoms with Gasteiger partial charge in [-0.3, -0.25) is 9.69 Å². The first kappa shape index (κ1) is 16.3. The molecule has 26 heavy (non-hydrogen) atoms. The van der Waals surface area contributed by atoms with Crippen LogP contribution in [0.4, 0.5) is 0 Å². The fourth-order valence-corrected chi connectivity index (χ4v) is 5.41. The van der Waals surface area contributed by atoms with Crippen molar-refractivity contribution in [2.24, 2.45) is 7.05 Å². The zero-order valence-electron chi connectivity index (χ0n) is 15.1. The Morgan fingerprint density at radius 2 is 2.15 bits per heavy atom. The van der Waals surface area contributed by atoms with Gasteiger partial charge in [0, 0.05) is 19.3 Å². The molecule has 5 nitrogen and oxygen atoms in total. The molecule has 1 aliphatic carbocycles. The van der Waals surface area contributed by atoms with Crippen molar-refractivity contribution in [3.63, 3.8) is 0 Å². The third kappa shape index (κ3) is 2.72. The van der Waals surface area contributed by atoms with Gasteiger partial charge in [-0.15, -0.1) is 0 Å². The third-order valence-electron chi connectivity index (χ3n) is 5.89. The number of nitrogens with zero attached hydrogens (tertiary/aromatic N) is 3. The van der Waals surface area contributed by atoms with E-state index in [1.807, 2.05) is 7.05 Å². The fraction of sp³-hybridized carbons (Fsp3) is 0.500. The van der Waals surface area contributed by atoms with Gasteiger partial charge in [0.25, 0.3) is 0 Å². The van der Waals surface area contributed by atoms with Gasteiger partial charge in [-0.05, 0) is 62.8 Å². The maximum Gasteiger partial charge on any atom is 0.307 e. The summed E-state index contributed by atoms with van der Waals surface area (Å²) in [5.41, 5.74) is 4.98. The van der Waals surface area contributed by atoms with E-state index in [4.69, 9.17) is 4.98 Å². The Morgan fingerprint density at radius 1 is 1.27 bits per heavy atom. The lowest BCUT2D eigenvalue weighted by molar-refractivity contribution is 0.240. The van der Waals surface area contributed by atoms with Gasteiger partial charge in [-0.2, -0.15) is 0 Å². The van der Waals surface area contributed by atoms with Gasteiger partial charge in [0.15, 0.2) is 0 Å². The lowest BCUT2D eigenvalue weighted by atomic mass is 10.0. The third-order valence-corrected chi connectivity index (χ3v) is 6.89. The second-order valence-electron chi connectivity index (χ2n) is 7.61. The molecule has 0 bridgehead atoms. The number of thiazole rings is 1. The van der Waals surface area contributed by atoms with Crippen LogP contribution in [0.15, 0.2) is 23.0 Å². The largest absolute Gasteiger partial charge is 0.344 e. The maximum absolute atomic E-state index is 11.9. The van der Waals surface area contributed by atoms with E-state index in [1.54, 1.807) is 4.57 Å². The molecule has 136 valence electrons. The van der Waals surface area contributed by atoms with Gasteiger partial charge in [0.1, 0.15) is 5.82 Å². The van der Waals surface area contributed by atoms with Crippen molar-refractivity contribution in [2.75, 3.05) is 6.54 Å². The number of hydrogen-bond donors (Lipinski definition) is 1. The first-order valence-electron chi connectivity index (χ1n) is 9.59. The number of likely N-dealkylation sites (tertiary alicyclic amines) is 1. The number of H-pyrrole nitrogens is 1. The summed E-state index contributed by atoms with van der Waals surface area (Å²) in [5.74, 6) is 1.17. The zero-order chi connectivity index (χ0) is 17.7.